The van der Waals surface area contributed by atoms with Gasteiger partial charge >= 0.3 is 0 Å². The van der Waals surface area contributed by atoms with Gasteiger partial charge in [-0.2, -0.15) is 0 Å². The summed E-state index contributed by atoms with van der Waals surface area (Å²) in [4.78, 5) is 10.9. The number of nitrogens with one attached hydrogen (secondary N) is 1. The lowest BCUT2D eigenvalue weighted by Crippen LogP contribution is -2.37. The Labute approximate surface area is 78.7 Å². The average Bonchev–Trinajstić information content (AvgIpc) is 2.56. The molecule has 0 spiro atoms. The summed E-state index contributed by atoms with van der Waals surface area (Å²) in [6.07, 6.45) is 5.13. The lowest BCUT2D eigenvalue weighted by molar-refractivity contribution is -0.119. The van der Waals surface area contributed by atoms with Crippen molar-refractivity contribution >= 4 is 17.5 Å². The molecule has 1 rings (SSSR count). The molecule has 0 aromatic heterocycles. The van der Waals surface area contributed by atoms with Crippen LogP contribution in [0.5, 0.6) is 0 Å². The van der Waals surface area contributed by atoms with E-state index in [2.05, 4.69) is 12.2 Å². The van der Waals surface area contributed by atoms with Gasteiger partial charge in [0.25, 0.3) is 0 Å². The smallest absolute Gasteiger partial charge is 0.235 e. The zero-order valence-corrected chi connectivity index (χ0v) is 8.23. The first-order valence-corrected chi connectivity index (χ1v) is 5.13. The van der Waals surface area contributed by atoms with Crippen molar-refractivity contribution in [2.75, 3.05) is 5.88 Å². The molecule has 1 aliphatic rings. The zero-order chi connectivity index (χ0) is 8.97. The molecule has 0 aliphatic heterocycles. The van der Waals surface area contributed by atoms with Crippen LogP contribution in [0.15, 0.2) is 0 Å². The minimum absolute atomic E-state index is 0.0453. The van der Waals surface area contributed by atoms with Gasteiger partial charge in [-0.15, -0.1) is 11.6 Å². The van der Waals surface area contributed by atoms with Gasteiger partial charge < -0.3 is 5.32 Å². The molecular formula is C9H16ClNO. The van der Waals surface area contributed by atoms with E-state index >= 15 is 0 Å². The van der Waals surface area contributed by atoms with Gasteiger partial charge in [0.05, 0.1) is 0 Å². The van der Waals surface area contributed by atoms with E-state index in [0.29, 0.717) is 12.0 Å². The first-order chi connectivity index (χ1) is 5.74. The molecule has 1 aliphatic carbocycles. The summed E-state index contributed by atoms with van der Waals surface area (Å²) in [6, 6.07) is 0.304. The third kappa shape index (κ3) is 2.67. The molecule has 0 bridgehead atoms. The van der Waals surface area contributed by atoms with Crippen LogP contribution < -0.4 is 5.32 Å². The molecule has 1 amide bonds. The Bertz CT molecular complexity index is 155. The van der Waals surface area contributed by atoms with Gasteiger partial charge in [-0.3, -0.25) is 4.79 Å². The molecule has 1 N–H and O–H groups in total. The van der Waals surface area contributed by atoms with Crippen LogP contribution in [0.3, 0.4) is 0 Å². The summed E-state index contributed by atoms with van der Waals surface area (Å²) in [5.74, 6) is 0.713. The highest BCUT2D eigenvalue weighted by atomic mass is 35.5. The van der Waals surface area contributed by atoms with Crippen LogP contribution in [-0.4, -0.2) is 17.8 Å². The predicted octanol–water partition coefficient (Wildman–Crippen LogP) is 1.92. The molecule has 1 fully saturated rings. The highest BCUT2D eigenvalue weighted by Gasteiger charge is 2.22. The maximum absolute atomic E-state index is 10.9. The molecule has 2 nitrogen and oxygen atoms in total. The van der Waals surface area contributed by atoms with Crippen LogP contribution in [0.2, 0.25) is 0 Å². The van der Waals surface area contributed by atoms with Gasteiger partial charge in [-0.05, 0) is 25.7 Å². The summed E-state index contributed by atoms with van der Waals surface area (Å²) in [6.45, 7) is 2.07. The first kappa shape index (κ1) is 9.85. The number of carbonyl (C=O) groups is 1. The van der Waals surface area contributed by atoms with Gasteiger partial charge in [-0.25, -0.2) is 0 Å². The van der Waals surface area contributed by atoms with Crippen LogP contribution >= 0.6 is 11.6 Å². The van der Waals surface area contributed by atoms with E-state index in [1.807, 2.05) is 0 Å². The van der Waals surface area contributed by atoms with Crippen molar-refractivity contribution in [1.29, 1.82) is 0 Å². The predicted molar refractivity (Wildman–Crippen MR) is 50.3 cm³/mol. The quantitative estimate of drug-likeness (QED) is 0.676. The van der Waals surface area contributed by atoms with Gasteiger partial charge in [0.1, 0.15) is 5.88 Å². The minimum Gasteiger partial charge on any atom is -0.352 e. The SMILES string of the molecule is C[C@@H](NC(=O)CCl)C1CCCC1. The summed E-state index contributed by atoms with van der Waals surface area (Å²) in [5, 5.41) is 2.90. The molecule has 3 heteroatoms. The number of halogens is 1. The van der Waals surface area contributed by atoms with Gasteiger partial charge in [-0.1, -0.05) is 12.8 Å². The Morgan fingerprint density at radius 2 is 2.17 bits per heavy atom. The Morgan fingerprint density at radius 1 is 1.58 bits per heavy atom. The lowest BCUT2D eigenvalue weighted by atomic mass is 10.00. The maximum atomic E-state index is 10.9. The fraction of sp³-hybridized carbons (Fsp3) is 0.889. The van der Waals surface area contributed by atoms with Crippen molar-refractivity contribution < 1.29 is 4.79 Å². The van der Waals surface area contributed by atoms with Gasteiger partial charge in [0, 0.05) is 6.04 Å². The molecule has 1 saturated carbocycles. The lowest BCUT2D eigenvalue weighted by Gasteiger charge is -2.19. The zero-order valence-electron chi connectivity index (χ0n) is 7.48. The van der Waals surface area contributed by atoms with Crippen LogP contribution in [0, 0.1) is 5.92 Å². The number of hydrogen-bond acceptors (Lipinski definition) is 1. The fourth-order valence-corrected chi connectivity index (χ4v) is 1.94. The monoisotopic (exact) mass is 189 g/mol. The number of amides is 1. The van der Waals surface area contributed by atoms with E-state index < -0.39 is 0 Å². The van der Waals surface area contributed by atoms with Crippen LogP contribution in [0.1, 0.15) is 32.6 Å². The van der Waals surface area contributed by atoms with Crippen LogP contribution in [0.4, 0.5) is 0 Å². The summed E-state index contributed by atoms with van der Waals surface area (Å²) in [7, 11) is 0. The Morgan fingerprint density at radius 3 is 2.67 bits per heavy atom. The van der Waals surface area contributed by atoms with Crippen molar-refractivity contribution in [3.8, 4) is 0 Å². The van der Waals surface area contributed by atoms with Crippen molar-refractivity contribution in [2.24, 2.45) is 5.92 Å². The number of hydrogen-bond donors (Lipinski definition) is 1. The molecule has 0 aromatic carbocycles. The maximum Gasteiger partial charge on any atom is 0.235 e. The summed E-state index contributed by atoms with van der Waals surface area (Å²) in [5.41, 5.74) is 0. The average molecular weight is 190 g/mol. The van der Waals surface area contributed by atoms with Gasteiger partial charge in [0.15, 0.2) is 0 Å². The normalized spacial score (nSPS) is 20.8. The Kier molecular flexibility index (Phi) is 3.86. The summed E-state index contributed by atoms with van der Waals surface area (Å²) < 4.78 is 0. The topological polar surface area (TPSA) is 29.1 Å². The molecule has 0 aromatic rings. The van der Waals surface area contributed by atoms with Crippen molar-refractivity contribution in [1.82, 2.24) is 5.32 Å². The van der Waals surface area contributed by atoms with E-state index in [-0.39, 0.29) is 11.8 Å². The number of carbonyl (C=O) groups excluding carboxylic acids is 1. The summed E-state index contributed by atoms with van der Waals surface area (Å²) >= 11 is 5.39. The largest absolute Gasteiger partial charge is 0.352 e. The molecular weight excluding hydrogens is 174 g/mol. The minimum atomic E-state index is -0.0453. The molecule has 0 saturated heterocycles. The van der Waals surface area contributed by atoms with Gasteiger partial charge in [0.2, 0.25) is 5.91 Å². The first-order valence-electron chi connectivity index (χ1n) is 4.59. The highest BCUT2D eigenvalue weighted by Crippen LogP contribution is 2.27. The Hall–Kier alpha value is -0.240. The van der Waals surface area contributed by atoms with E-state index in [1.54, 1.807) is 0 Å². The van der Waals surface area contributed by atoms with Crippen molar-refractivity contribution in [3.05, 3.63) is 0 Å². The second-order valence-electron chi connectivity index (χ2n) is 3.53. The molecule has 0 unspecified atom stereocenters. The Balaban J connectivity index is 2.26. The highest BCUT2D eigenvalue weighted by molar-refractivity contribution is 6.27. The van der Waals surface area contributed by atoms with E-state index in [9.17, 15) is 4.79 Å². The molecule has 70 valence electrons. The van der Waals surface area contributed by atoms with Crippen molar-refractivity contribution in [3.63, 3.8) is 0 Å². The number of alkyl halides is 1. The fourth-order valence-electron chi connectivity index (χ4n) is 1.87. The van der Waals surface area contributed by atoms with E-state index in [0.717, 1.165) is 0 Å². The third-order valence-electron chi connectivity index (χ3n) is 2.62. The molecule has 1 atom stereocenters. The molecule has 0 radical (unpaired) electrons. The van der Waals surface area contributed by atoms with E-state index in [1.165, 1.54) is 25.7 Å². The third-order valence-corrected chi connectivity index (χ3v) is 2.86. The number of rotatable bonds is 3. The molecule has 12 heavy (non-hydrogen) atoms. The van der Waals surface area contributed by atoms with Crippen LogP contribution in [-0.2, 0) is 4.79 Å². The van der Waals surface area contributed by atoms with Crippen LogP contribution in [0.25, 0.3) is 0 Å². The standard InChI is InChI=1S/C9H16ClNO/c1-7(11-9(12)6-10)8-4-2-3-5-8/h7-8H,2-6H2,1H3,(H,11,12)/t7-/m1/s1. The second-order valence-corrected chi connectivity index (χ2v) is 3.80. The van der Waals surface area contributed by atoms with E-state index in [4.69, 9.17) is 11.6 Å². The second kappa shape index (κ2) is 4.70. The molecule has 0 heterocycles. The van der Waals surface area contributed by atoms with Crippen molar-refractivity contribution in [2.45, 2.75) is 38.6 Å².